The highest BCUT2D eigenvalue weighted by Crippen LogP contribution is 2.49. The molecular formula is C45H32N2. The van der Waals surface area contributed by atoms with Crippen LogP contribution in [-0.2, 0) is 5.41 Å². The molecular weight excluding hydrogens is 569 g/mol. The van der Waals surface area contributed by atoms with Crippen LogP contribution < -0.4 is 0 Å². The topological polar surface area (TPSA) is 25.8 Å². The van der Waals surface area contributed by atoms with Crippen molar-refractivity contribution in [2.75, 3.05) is 0 Å². The lowest BCUT2D eigenvalue weighted by Crippen LogP contribution is -2.14. The highest BCUT2D eigenvalue weighted by Gasteiger charge is 2.35. The predicted molar refractivity (Wildman–Crippen MR) is 196 cm³/mol. The minimum absolute atomic E-state index is 0.102. The Morgan fingerprint density at radius 1 is 0.383 bits per heavy atom. The van der Waals surface area contributed by atoms with Crippen molar-refractivity contribution in [3.05, 3.63) is 169 Å². The summed E-state index contributed by atoms with van der Waals surface area (Å²) in [6, 6.07) is 56.4. The van der Waals surface area contributed by atoms with E-state index in [1.165, 1.54) is 43.8 Å². The van der Waals surface area contributed by atoms with Crippen molar-refractivity contribution in [1.82, 2.24) is 9.97 Å². The lowest BCUT2D eigenvalue weighted by Gasteiger charge is -2.22. The summed E-state index contributed by atoms with van der Waals surface area (Å²) in [6.45, 7) is 4.66. The van der Waals surface area contributed by atoms with Gasteiger partial charge in [-0.1, -0.05) is 153 Å². The summed E-state index contributed by atoms with van der Waals surface area (Å²) >= 11 is 0. The molecule has 2 heteroatoms. The third kappa shape index (κ3) is 4.40. The highest BCUT2D eigenvalue weighted by molar-refractivity contribution is 6.13. The average Bonchev–Trinajstić information content (AvgIpc) is 3.37. The SMILES string of the molecule is CC1(C)c2ccccc2-c2ccc(-c3cc(-c4cc5ccccc5c5ccccc45)nc(-c4ccccc4-c4ccccc4)n3)cc21. The molecule has 8 aromatic rings. The minimum Gasteiger partial charge on any atom is -0.228 e. The average molecular weight is 601 g/mol. The van der Waals surface area contributed by atoms with Crippen molar-refractivity contribution >= 4 is 21.5 Å². The van der Waals surface area contributed by atoms with E-state index in [2.05, 4.69) is 172 Å². The fourth-order valence-corrected chi connectivity index (χ4v) is 7.53. The summed E-state index contributed by atoms with van der Waals surface area (Å²) in [4.78, 5) is 10.7. The molecule has 9 rings (SSSR count). The summed E-state index contributed by atoms with van der Waals surface area (Å²) < 4.78 is 0. The monoisotopic (exact) mass is 600 g/mol. The van der Waals surface area contributed by atoms with E-state index in [1.54, 1.807) is 0 Å². The van der Waals surface area contributed by atoms with E-state index < -0.39 is 0 Å². The fourth-order valence-electron chi connectivity index (χ4n) is 7.53. The highest BCUT2D eigenvalue weighted by atomic mass is 14.9. The van der Waals surface area contributed by atoms with E-state index in [0.29, 0.717) is 0 Å². The van der Waals surface area contributed by atoms with Gasteiger partial charge < -0.3 is 0 Å². The van der Waals surface area contributed by atoms with Gasteiger partial charge in [0.05, 0.1) is 11.4 Å². The van der Waals surface area contributed by atoms with Crippen LogP contribution in [0, 0.1) is 0 Å². The molecule has 1 aromatic heterocycles. The van der Waals surface area contributed by atoms with Crippen LogP contribution in [0.2, 0.25) is 0 Å². The fraction of sp³-hybridized carbons (Fsp3) is 0.0667. The van der Waals surface area contributed by atoms with Gasteiger partial charge in [0.2, 0.25) is 0 Å². The van der Waals surface area contributed by atoms with Gasteiger partial charge in [-0.25, -0.2) is 9.97 Å². The van der Waals surface area contributed by atoms with Crippen molar-refractivity contribution in [3.63, 3.8) is 0 Å². The molecule has 0 fully saturated rings. The van der Waals surface area contributed by atoms with Crippen molar-refractivity contribution in [2.45, 2.75) is 19.3 Å². The van der Waals surface area contributed by atoms with Crippen LogP contribution in [0.5, 0.6) is 0 Å². The number of fused-ring (bicyclic) bond motifs is 6. The molecule has 0 saturated heterocycles. The van der Waals surface area contributed by atoms with E-state index >= 15 is 0 Å². The van der Waals surface area contributed by atoms with E-state index in [-0.39, 0.29) is 5.41 Å². The second-order valence-electron chi connectivity index (χ2n) is 13.0. The number of hydrogen-bond donors (Lipinski definition) is 0. The molecule has 0 N–H and O–H groups in total. The van der Waals surface area contributed by atoms with Crippen molar-refractivity contribution in [3.8, 4) is 56.2 Å². The standard InChI is InChI=1S/C45H32N2/c1-45(2)40-23-13-12-21-36(40)37-25-24-31(27-41(37)45)42-28-43(39-26-30-16-6-7-18-33(30)34-19-9-10-20-35(34)39)47-44(46-42)38-22-11-8-17-32(38)29-14-4-3-5-15-29/h3-28H,1-2H3. The van der Waals surface area contributed by atoms with Gasteiger partial charge in [-0.3, -0.25) is 0 Å². The summed E-state index contributed by atoms with van der Waals surface area (Å²) in [5, 5.41) is 4.86. The van der Waals surface area contributed by atoms with Crippen molar-refractivity contribution in [2.24, 2.45) is 0 Å². The zero-order valence-corrected chi connectivity index (χ0v) is 26.4. The molecule has 0 bridgehead atoms. The van der Waals surface area contributed by atoms with Crippen LogP contribution in [0.1, 0.15) is 25.0 Å². The third-order valence-electron chi connectivity index (χ3n) is 9.90. The Kier molecular flexibility index (Phi) is 6.20. The number of nitrogens with zero attached hydrogens (tertiary/aromatic N) is 2. The maximum absolute atomic E-state index is 5.36. The van der Waals surface area contributed by atoms with Crippen LogP contribution in [0.4, 0.5) is 0 Å². The number of rotatable bonds is 4. The molecule has 0 atom stereocenters. The molecule has 1 aliphatic rings. The normalized spacial score (nSPS) is 13.1. The predicted octanol–water partition coefficient (Wildman–Crippen LogP) is 11.8. The minimum atomic E-state index is -0.102. The van der Waals surface area contributed by atoms with Gasteiger partial charge in [-0.2, -0.15) is 0 Å². The van der Waals surface area contributed by atoms with Gasteiger partial charge in [-0.15, -0.1) is 0 Å². The third-order valence-corrected chi connectivity index (χ3v) is 9.90. The summed E-state index contributed by atoms with van der Waals surface area (Å²) in [5.41, 5.74) is 12.5. The molecule has 0 spiro atoms. The second-order valence-corrected chi connectivity index (χ2v) is 13.0. The van der Waals surface area contributed by atoms with Gasteiger partial charge >= 0.3 is 0 Å². The Morgan fingerprint density at radius 3 is 1.83 bits per heavy atom. The molecule has 0 saturated carbocycles. The van der Waals surface area contributed by atoms with Crippen LogP contribution in [-0.4, -0.2) is 9.97 Å². The zero-order valence-electron chi connectivity index (χ0n) is 26.4. The van der Waals surface area contributed by atoms with E-state index in [1.807, 2.05) is 0 Å². The molecule has 0 amide bonds. The summed E-state index contributed by atoms with van der Waals surface area (Å²) in [5.74, 6) is 0.720. The Labute approximate surface area is 275 Å². The van der Waals surface area contributed by atoms with Gasteiger partial charge in [0.1, 0.15) is 0 Å². The van der Waals surface area contributed by atoms with Gasteiger partial charge in [0.15, 0.2) is 5.82 Å². The van der Waals surface area contributed by atoms with Gasteiger partial charge in [0.25, 0.3) is 0 Å². The van der Waals surface area contributed by atoms with E-state index in [4.69, 9.17) is 9.97 Å². The number of aromatic nitrogens is 2. The van der Waals surface area contributed by atoms with Crippen molar-refractivity contribution < 1.29 is 0 Å². The zero-order chi connectivity index (χ0) is 31.5. The number of benzene rings is 7. The Balaban J connectivity index is 1.31. The van der Waals surface area contributed by atoms with Crippen LogP contribution >= 0.6 is 0 Å². The van der Waals surface area contributed by atoms with E-state index in [9.17, 15) is 0 Å². The molecule has 0 unspecified atom stereocenters. The molecule has 1 aliphatic carbocycles. The summed E-state index contributed by atoms with van der Waals surface area (Å²) in [6.07, 6.45) is 0. The summed E-state index contributed by atoms with van der Waals surface area (Å²) in [7, 11) is 0. The molecule has 1 heterocycles. The van der Waals surface area contributed by atoms with Crippen LogP contribution in [0.25, 0.3) is 77.7 Å². The molecule has 7 aromatic carbocycles. The molecule has 0 radical (unpaired) electrons. The maximum Gasteiger partial charge on any atom is 0.161 e. The quantitative estimate of drug-likeness (QED) is 0.188. The first-order valence-corrected chi connectivity index (χ1v) is 16.3. The lowest BCUT2D eigenvalue weighted by molar-refractivity contribution is 0.660. The molecule has 47 heavy (non-hydrogen) atoms. The van der Waals surface area contributed by atoms with Crippen molar-refractivity contribution in [1.29, 1.82) is 0 Å². The molecule has 0 aliphatic heterocycles. The largest absolute Gasteiger partial charge is 0.228 e. The Bertz CT molecular complexity index is 2490. The van der Waals surface area contributed by atoms with Crippen LogP contribution in [0.3, 0.4) is 0 Å². The Hall–Kier alpha value is -5.86. The second kappa shape index (κ2) is 10.6. The molecule has 222 valence electrons. The van der Waals surface area contributed by atoms with Gasteiger partial charge in [0, 0.05) is 22.1 Å². The first-order valence-electron chi connectivity index (χ1n) is 16.3. The molecule has 2 nitrogen and oxygen atoms in total. The van der Waals surface area contributed by atoms with Gasteiger partial charge in [-0.05, 0) is 73.1 Å². The first-order chi connectivity index (χ1) is 23.1. The van der Waals surface area contributed by atoms with E-state index in [0.717, 1.165) is 45.0 Å². The van der Waals surface area contributed by atoms with Crippen LogP contribution in [0.15, 0.2) is 158 Å². The smallest absolute Gasteiger partial charge is 0.161 e. The Morgan fingerprint density at radius 2 is 1.00 bits per heavy atom. The maximum atomic E-state index is 5.36. The number of hydrogen-bond acceptors (Lipinski definition) is 2. The lowest BCUT2D eigenvalue weighted by atomic mass is 9.82. The first kappa shape index (κ1) is 27.5.